The van der Waals surface area contributed by atoms with Crippen molar-refractivity contribution in [2.24, 2.45) is 0 Å². The number of nitrogens with zero attached hydrogens (tertiary/aromatic N) is 1. The molecule has 2 aliphatic rings. The van der Waals surface area contributed by atoms with Crippen molar-refractivity contribution in [1.82, 2.24) is 4.90 Å². The van der Waals surface area contributed by atoms with Gasteiger partial charge in [-0.3, -0.25) is 9.59 Å². The first-order valence-electron chi connectivity index (χ1n) is 8.56. The Morgan fingerprint density at radius 1 is 1.35 bits per heavy atom. The molecule has 1 aromatic carbocycles. The summed E-state index contributed by atoms with van der Waals surface area (Å²) in [6, 6.07) is 4.44. The van der Waals surface area contributed by atoms with Crippen LogP contribution in [0.1, 0.15) is 31.4 Å². The van der Waals surface area contributed by atoms with Gasteiger partial charge in [-0.15, -0.1) is 0 Å². The highest BCUT2D eigenvalue weighted by Gasteiger charge is 2.44. The predicted molar refractivity (Wildman–Crippen MR) is 93.3 cm³/mol. The van der Waals surface area contributed by atoms with Gasteiger partial charge in [0, 0.05) is 18.7 Å². The van der Waals surface area contributed by atoms with Gasteiger partial charge >= 0.3 is 0 Å². The molecule has 7 heteroatoms. The minimum absolute atomic E-state index is 0.0690. The second-order valence-corrected chi connectivity index (χ2v) is 6.42. The molecule has 1 aromatic rings. The molecular weight excluding hydrogens is 338 g/mol. The van der Waals surface area contributed by atoms with Gasteiger partial charge in [0.25, 0.3) is 5.91 Å². The van der Waals surface area contributed by atoms with Crippen molar-refractivity contribution in [2.75, 3.05) is 27.4 Å². The topological polar surface area (TPSA) is 85.3 Å². The number of carbonyl (C=O) groups is 2. The van der Waals surface area contributed by atoms with Gasteiger partial charge in [0.1, 0.15) is 11.5 Å². The molecule has 2 atom stereocenters. The van der Waals surface area contributed by atoms with Crippen LogP contribution in [0.2, 0.25) is 0 Å². The maximum absolute atomic E-state index is 12.7. The third-order valence-electron chi connectivity index (χ3n) is 4.84. The highest BCUT2D eigenvalue weighted by Crippen LogP contribution is 2.43. The molecule has 0 aromatic heterocycles. The summed E-state index contributed by atoms with van der Waals surface area (Å²) in [5.74, 6) is -0.361. The van der Waals surface area contributed by atoms with Crippen molar-refractivity contribution < 1.29 is 28.9 Å². The normalized spacial score (nSPS) is 22.9. The molecule has 2 heterocycles. The standard InChI is InChI=1S/C19H23NO6/c1-11(21)16-17(14-9-12(24-2)6-7-15(14)25-3)20(19(23)18(16)22)10-13-5-4-8-26-13/h6-7,9,13,17,22H,4-5,8,10H2,1-3H3/t13-,17+/m1/s1. The molecule has 140 valence electrons. The van der Waals surface area contributed by atoms with E-state index in [1.807, 2.05) is 0 Å². The van der Waals surface area contributed by atoms with E-state index in [-0.39, 0.29) is 17.5 Å². The number of hydrogen-bond donors (Lipinski definition) is 1. The van der Waals surface area contributed by atoms with Crippen molar-refractivity contribution in [2.45, 2.75) is 31.9 Å². The van der Waals surface area contributed by atoms with Gasteiger partial charge in [-0.05, 0) is 38.0 Å². The van der Waals surface area contributed by atoms with Crippen LogP contribution in [0.25, 0.3) is 0 Å². The SMILES string of the molecule is COc1ccc(OC)c([C@H]2C(C(C)=O)=C(O)C(=O)N2C[C@H]2CCCO2)c1. The summed E-state index contributed by atoms with van der Waals surface area (Å²) in [5, 5.41) is 10.3. The largest absolute Gasteiger partial charge is 0.503 e. The minimum atomic E-state index is -0.741. The molecule has 0 bridgehead atoms. The van der Waals surface area contributed by atoms with Crippen LogP contribution in [0.5, 0.6) is 11.5 Å². The van der Waals surface area contributed by atoms with E-state index < -0.39 is 17.7 Å². The number of aliphatic hydroxyl groups excluding tert-OH is 1. The van der Waals surface area contributed by atoms with Crippen LogP contribution in [0, 0.1) is 0 Å². The first-order chi connectivity index (χ1) is 12.5. The summed E-state index contributed by atoms with van der Waals surface area (Å²) in [6.07, 6.45) is 1.65. The zero-order chi connectivity index (χ0) is 18.8. The van der Waals surface area contributed by atoms with Gasteiger partial charge in [0.2, 0.25) is 0 Å². The summed E-state index contributed by atoms with van der Waals surface area (Å²) in [5.41, 5.74) is 0.659. The molecule has 0 saturated carbocycles. The lowest BCUT2D eigenvalue weighted by atomic mass is 9.95. The number of benzene rings is 1. The molecule has 2 aliphatic heterocycles. The van der Waals surface area contributed by atoms with Crippen LogP contribution in [-0.2, 0) is 14.3 Å². The number of aliphatic hydroxyl groups is 1. The number of methoxy groups -OCH3 is 2. The Morgan fingerprint density at radius 3 is 2.69 bits per heavy atom. The summed E-state index contributed by atoms with van der Waals surface area (Å²) in [6.45, 7) is 2.29. The van der Waals surface area contributed by atoms with Gasteiger partial charge in [-0.25, -0.2) is 0 Å². The summed E-state index contributed by atoms with van der Waals surface area (Å²) >= 11 is 0. The highest BCUT2D eigenvalue weighted by atomic mass is 16.5. The lowest BCUT2D eigenvalue weighted by Crippen LogP contribution is -2.37. The lowest BCUT2D eigenvalue weighted by molar-refractivity contribution is -0.131. The van der Waals surface area contributed by atoms with Gasteiger partial charge < -0.3 is 24.2 Å². The second-order valence-electron chi connectivity index (χ2n) is 6.42. The molecule has 1 fully saturated rings. The van der Waals surface area contributed by atoms with Gasteiger partial charge in [-0.1, -0.05) is 0 Å². The number of ketones is 1. The molecule has 1 saturated heterocycles. The van der Waals surface area contributed by atoms with Crippen molar-refractivity contribution >= 4 is 11.7 Å². The van der Waals surface area contributed by atoms with Crippen LogP contribution in [-0.4, -0.2) is 55.2 Å². The van der Waals surface area contributed by atoms with Crippen molar-refractivity contribution in [1.29, 1.82) is 0 Å². The van der Waals surface area contributed by atoms with E-state index in [9.17, 15) is 14.7 Å². The molecule has 0 spiro atoms. The average molecular weight is 361 g/mol. The Hall–Kier alpha value is -2.54. The highest BCUT2D eigenvalue weighted by molar-refractivity contribution is 6.08. The molecule has 3 rings (SSSR count). The fraction of sp³-hybridized carbons (Fsp3) is 0.474. The second kappa shape index (κ2) is 7.37. The summed E-state index contributed by atoms with van der Waals surface area (Å²) < 4.78 is 16.4. The van der Waals surface area contributed by atoms with Crippen LogP contribution in [0.4, 0.5) is 0 Å². The van der Waals surface area contributed by atoms with Gasteiger partial charge in [0.15, 0.2) is 11.5 Å². The van der Waals surface area contributed by atoms with Gasteiger partial charge in [0.05, 0.1) is 31.9 Å². The summed E-state index contributed by atoms with van der Waals surface area (Å²) in [4.78, 5) is 26.4. The smallest absolute Gasteiger partial charge is 0.290 e. The van der Waals surface area contributed by atoms with Crippen molar-refractivity contribution in [3.63, 3.8) is 0 Å². The first kappa shape index (κ1) is 18.3. The number of Topliss-reactive ketones (excluding diaryl/α,β-unsaturated/α-hetero) is 1. The molecule has 1 N–H and O–H groups in total. The van der Waals surface area contributed by atoms with Crippen molar-refractivity contribution in [3.05, 3.63) is 35.1 Å². The molecule has 7 nitrogen and oxygen atoms in total. The van der Waals surface area contributed by atoms with E-state index in [0.717, 1.165) is 12.8 Å². The van der Waals surface area contributed by atoms with E-state index >= 15 is 0 Å². The number of carbonyl (C=O) groups excluding carboxylic acids is 2. The van der Waals surface area contributed by atoms with Gasteiger partial charge in [-0.2, -0.15) is 0 Å². The molecule has 0 aliphatic carbocycles. The third kappa shape index (κ3) is 3.14. The number of hydrogen-bond acceptors (Lipinski definition) is 6. The van der Waals surface area contributed by atoms with E-state index in [1.165, 1.54) is 26.0 Å². The Morgan fingerprint density at radius 2 is 2.12 bits per heavy atom. The lowest BCUT2D eigenvalue weighted by Gasteiger charge is -2.29. The maximum Gasteiger partial charge on any atom is 0.290 e. The first-order valence-corrected chi connectivity index (χ1v) is 8.56. The van der Waals surface area contributed by atoms with E-state index in [2.05, 4.69) is 0 Å². The third-order valence-corrected chi connectivity index (χ3v) is 4.84. The molecule has 0 radical (unpaired) electrons. The Kier molecular flexibility index (Phi) is 5.18. The molecule has 0 unspecified atom stereocenters. The zero-order valence-electron chi connectivity index (χ0n) is 15.2. The number of rotatable bonds is 6. The maximum atomic E-state index is 12.7. The molecule has 1 amide bonds. The predicted octanol–water partition coefficient (Wildman–Crippen LogP) is 2.17. The van der Waals surface area contributed by atoms with Crippen molar-refractivity contribution in [3.8, 4) is 11.5 Å². The summed E-state index contributed by atoms with van der Waals surface area (Å²) in [7, 11) is 3.05. The fourth-order valence-corrected chi connectivity index (χ4v) is 3.59. The van der Waals surface area contributed by atoms with Crippen LogP contribution < -0.4 is 9.47 Å². The van der Waals surface area contributed by atoms with Crippen LogP contribution >= 0.6 is 0 Å². The fourth-order valence-electron chi connectivity index (χ4n) is 3.59. The van der Waals surface area contributed by atoms with E-state index in [0.29, 0.717) is 30.2 Å². The number of ether oxygens (including phenoxy) is 3. The number of amides is 1. The average Bonchev–Trinajstić information content (AvgIpc) is 3.23. The quantitative estimate of drug-likeness (QED) is 0.836. The van der Waals surface area contributed by atoms with Crippen LogP contribution in [0.3, 0.4) is 0 Å². The van der Waals surface area contributed by atoms with Crippen LogP contribution in [0.15, 0.2) is 29.5 Å². The van der Waals surface area contributed by atoms with E-state index in [4.69, 9.17) is 14.2 Å². The van der Waals surface area contributed by atoms with E-state index in [1.54, 1.807) is 18.2 Å². The molecule has 26 heavy (non-hydrogen) atoms. The Balaban J connectivity index is 2.08. The Bertz CT molecular complexity index is 750. The Labute approximate surface area is 152 Å². The monoisotopic (exact) mass is 361 g/mol. The zero-order valence-corrected chi connectivity index (χ0v) is 15.2. The minimum Gasteiger partial charge on any atom is -0.503 e. The molecular formula is C19H23NO6.